The molecule has 14 nitrogen and oxygen atoms in total. The van der Waals surface area contributed by atoms with Crippen LogP contribution in [0.3, 0.4) is 0 Å². The molecule has 0 bridgehead atoms. The summed E-state index contributed by atoms with van der Waals surface area (Å²) in [6.07, 6.45) is 5.00. The van der Waals surface area contributed by atoms with Gasteiger partial charge in [-0.05, 0) is 60.8 Å². The summed E-state index contributed by atoms with van der Waals surface area (Å²) in [6, 6.07) is 23.8. The molecule has 58 heavy (non-hydrogen) atoms. The fourth-order valence-electron chi connectivity index (χ4n) is 7.16. The Morgan fingerprint density at radius 2 is 1.72 bits per heavy atom. The molecule has 4 amide bonds. The third-order valence-corrected chi connectivity index (χ3v) is 12.3. The minimum absolute atomic E-state index is 0.0168. The van der Waals surface area contributed by atoms with Crippen LogP contribution < -0.4 is 16.0 Å². The monoisotopic (exact) mass is 829 g/mol. The average molecular weight is 830 g/mol. The number of unbranched alkanes of at least 4 members (excludes halogenated alkanes) is 3. The van der Waals surface area contributed by atoms with Crippen LogP contribution in [0.25, 0.3) is 28.2 Å². The molecule has 1 saturated heterocycles. The predicted octanol–water partition coefficient (Wildman–Crippen LogP) is 5.88. The molecule has 0 saturated carbocycles. The van der Waals surface area contributed by atoms with Crippen LogP contribution in [-0.4, -0.2) is 91.8 Å². The van der Waals surface area contributed by atoms with Crippen LogP contribution >= 0.6 is 19.4 Å². The molecule has 6 rings (SSSR count). The van der Waals surface area contributed by atoms with Crippen LogP contribution in [0.1, 0.15) is 69.4 Å². The number of hydrogen-bond donors (Lipinski definition) is 3. The summed E-state index contributed by atoms with van der Waals surface area (Å²) in [5, 5.41) is 11.6. The van der Waals surface area contributed by atoms with Gasteiger partial charge in [-0.1, -0.05) is 79.6 Å². The van der Waals surface area contributed by atoms with Gasteiger partial charge < -0.3 is 25.4 Å². The van der Waals surface area contributed by atoms with E-state index in [0.717, 1.165) is 77.3 Å². The first-order valence-electron chi connectivity index (χ1n) is 19.9. The van der Waals surface area contributed by atoms with Crippen molar-refractivity contribution in [1.29, 1.82) is 0 Å². The van der Waals surface area contributed by atoms with E-state index in [4.69, 9.17) is 10.3 Å². The summed E-state index contributed by atoms with van der Waals surface area (Å²) in [5.74, 6) is -0.403. The molecule has 1 aromatic heterocycles. The minimum Gasteiger partial charge on any atom is -0.356 e. The molecule has 4 N–H and O–H groups in total. The van der Waals surface area contributed by atoms with E-state index in [-0.39, 0.29) is 68.6 Å². The van der Waals surface area contributed by atoms with Crippen molar-refractivity contribution in [2.75, 3.05) is 37.0 Å². The number of imide groups is 1. The Hall–Kier alpha value is -4.66. The van der Waals surface area contributed by atoms with Crippen molar-refractivity contribution < 1.29 is 33.2 Å². The lowest BCUT2D eigenvalue weighted by Crippen LogP contribution is -2.37. The molecule has 3 heterocycles. The van der Waals surface area contributed by atoms with E-state index in [9.17, 15) is 28.6 Å². The molecule has 0 spiro atoms. The van der Waals surface area contributed by atoms with Gasteiger partial charge in [-0.15, -0.1) is 16.9 Å². The third-order valence-electron chi connectivity index (χ3n) is 10.3. The zero-order valence-corrected chi connectivity index (χ0v) is 34.8. The van der Waals surface area contributed by atoms with Crippen molar-refractivity contribution in [2.45, 2.75) is 82.5 Å². The molecule has 16 heteroatoms. The number of carbonyl (C=O) groups excluding carboxylic acids is 4. The zero-order chi connectivity index (χ0) is 41.2. The average Bonchev–Trinajstić information content (AvgIpc) is 3.75. The van der Waals surface area contributed by atoms with E-state index in [1.54, 1.807) is 4.90 Å². The zero-order valence-electron chi connectivity index (χ0n) is 33.0. The first-order valence-corrected chi connectivity index (χ1v) is 23.0. The van der Waals surface area contributed by atoms with Crippen LogP contribution in [0, 0.1) is 0 Å². The molecule has 2 aliphatic heterocycles. The summed E-state index contributed by atoms with van der Waals surface area (Å²) in [6.45, 7) is 3.83. The van der Waals surface area contributed by atoms with Crippen LogP contribution in [0.5, 0.6) is 0 Å². The lowest BCUT2D eigenvalue weighted by atomic mass is 9.95. The Morgan fingerprint density at radius 3 is 2.48 bits per heavy atom. The Kier molecular flexibility index (Phi) is 14.7. The van der Waals surface area contributed by atoms with Gasteiger partial charge in [0.1, 0.15) is 11.4 Å². The number of benzene rings is 3. The van der Waals surface area contributed by atoms with E-state index in [0.29, 0.717) is 30.1 Å². The molecular weight excluding hydrogens is 778 g/mol. The molecule has 308 valence electrons. The number of anilines is 1. The summed E-state index contributed by atoms with van der Waals surface area (Å²) >= 11 is 1.44. The van der Waals surface area contributed by atoms with E-state index in [1.165, 1.54) is 11.8 Å². The van der Waals surface area contributed by atoms with Crippen LogP contribution in [-0.2, 0) is 41.2 Å². The van der Waals surface area contributed by atoms with Crippen molar-refractivity contribution in [2.24, 2.45) is 5.73 Å². The highest BCUT2D eigenvalue weighted by Crippen LogP contribution is 2.42. The molecule has 0 radical (unpaired) electrons. The lowest BCUT2D eigenvalue weighted by Gasteiger charge is -2.28. The quantitative estimate of drug-likeness (QED) is 0.0582. The third kappa shape index (κ3) is 10.9. The number of nitrogens with one attached hydrogen (secondary N) is 1. The standard InChI is InChI=1S/C42H52N7O7PS/c1-3-31(43)26-29-16-18-32(19-17-29)49-41-33-13-7-6-12-30(33)28-48(35-15-9-8-14-34(35)40(41)45-46-49)38(51)20-22-44-37(50)21-23-47-39(52)27-36(42(47)53)58-25-11-5-4-10-24-56-57(2,54)55/h6-9,12-19,31,36H,3-5,10-11,20-28,43H2,1-2H3,(H,44,50)(H,54,55). The van der Waals surface area contributed by atoms with Gasteiger partial charge >= 0.3 is 7.60 Å². The summed E-state index contributed by atoms with van der Waals surface area (Å²) < 4.78 is 17.9. The van der Waals surface area contributed by atoms with Crippen molar-refractivity contribution >= 4 is 48.7 Å². The predicted molar refractivity (Wildman–Crippen MR) is 225 cm³/mol. The first-order chi connectivity index (χ1) is 27.9. The summed E-state index contributed by atoms with van der Waals surface area (Å²) in [7, 11) is -3.45. The second-order valence-electron chi connectivity index (χ2n) is 14.7. The number of para-hydroxylation sites is 1. The summed E-state index contributed by atoms with van der Waals surface area (Å²) in [4.78, 5) is 64.6. The lowest BCUT2D eigenvalue weighted by molar-refractivity contribution is -0.138. The fraction of sp³-hybridized carbons (Fsp3) is 0.429. The molecule has 0 aliphatic carbocycles. The molecule has 1 fully saturated rings. The molecule has 3 atom stereocenters. The van der Waals surface area contributed by atoms with Crippen LogP contribution in [0.15, 0.2) is 72.8 Å². The second-order valence-corrected chi connectivity index (χ2v) is 17.9. The Bertz CT molecular complexity index is 2140. The Balaban J connectivity index is 1.04. The van der Waals surface area contributed by atoms with Crippen LogP contribution in [0.4, 0.5) is 5.69 Å². The normalized spacial score (nSPS) is 16.5. The number of nitrogens with two attached hydrogens (primary N) is 1. The second kappa shape index (κ2) is 19.9. The molecular formula is C42H52N7O7PS. The van der Waals surface area contributed by atoms with E-state index < -0.39 is 12.8 Å². The highest BCUT2D eigenvalue weighted by atomic mass is 32.2. The van der Waals surface area contributed by atoms with Gasteiger partial charge in [0.15, 0.2) is 0 Å². The van der Waals surface area contributed by atoms with Crippen molar-refractivity contribution in [3.05, 3.63) is 83.9 Å². The molecule has 3 unspecified atom stereocenters. The van der Waals surface area contributed by atoms with Gasteiger partial charge in [-0.2, -0.15) is 0 Å². The van der Waals surface area contributed by atoms with Gasteiger partial charge in [-0.25, -0.2) is 4.68 Å². The molecule has 3 aromatic carbocycles. The highest BCUT2D eigenvalue weighted by Gasteiger charge is 2.38. The number of fused-ring (bicyclic) bond motifs is 5. The molecule has 4 aromatic rings. The number of amides is 4. The number of likely N-dealkylation sites (tertiary alicyclic amines) is 1. The Morgan fingerprint density at radius 1 is 1.00 bits per heavy atom. The number of rotatable bonds is 19. The maximum absolute atomic E-state index is 14.0. The van der Waals surface area contributed by atoms with Gasteiger partial charge in [-0.3, -0.25) is 28.6 Å². The van der Waals surface area contributed by atoms with Crippen molar-refractivity contribution in [3.8, 4) is 28.2 Å². The maximum Gasteiger partial charge on any atom is 0.325 e. The van der Waals surface area contributed by atoms with Gasteiger partial charge in [0, 0.05) is 56.2 Å². The van der Waals surface area contributed by atoms with E-state index >= 15 is 0 Å². The SMILES string of the molecule is CCC(N)Cc1ccc(-n2nnc3c2-c2ccccc2CN(C(=O)CCNC(=O)CCN2C(=O)CC(SCCCCCCOP(C)(=O)O)C2=O)c2ccccc2-3)cc1. The topological polar surface area (TPSA) is 190 Å². The fourth-order valence-corrected chi connectivity index (χ4v) is 8.82. The number of hydrogen-bond acceptors (Lipinski definition) is 10. The van der Waals surface area contributed by atoms with Crippen LogP contribution in [0.2, 0.25) is 0 Å². The maximum atomic E-state index is 14.0. The number of carbonyl (C=O) groups is 4. The number of thioether (sulfide) groups is 1. The highest BCUT2D eigenvalue weighted by molar-refractivity contribution is 8.00. The van der Waals surface area contributed by atoms with Gasteiger partial charge in [0.25, 0.3) is 0 Å². The van der Waals surface area contributed by atoms with Gasteiger partial charge in [0.05, 0.1) is 29.8 Å². The summed E-state index contributed by atoms with van der Waals surface area (Å²) in [5.41, 5.74) is 13.0. The smallest absolute Gasteiger partial charge is 0.325 e. The van der Waals surface area contributed by atoms with E-state index in [1.807, 2.05) is 65.3 Å². The largest absolute Gasteiger partial charge is 0.356 e. The minimum atomic E-state index is -3.45. The first kappa shape index (κ1) is 42.9. The van der Waals surface area contributed by atoms with Gasteiger partial charge in [0.2, 0.25) is 23.6 Å². The van der Waals surface area contributed by atoms with E-state index in [2.05, 4.69) is 34.7 Å². The Labute approximate surface area is 343 Å². The number of nitrogens with zero attached hydrogens (tertiary/aromatic N) is 5. The van der Waals surface area contributed by atoms with Crippen molar-refractivity contribution in [1.82, 2.24) is 25.2 Å². The molecule has 2 aliphatic rings. The van der Waals surface area contributed by atoms with Crippen molar-refractivity contribution in [3.63, 3.8) is 0 Å². The number of aromatic nitrogens is 3.